The third kappa shape index (κ3) is 5.00. The summed E-state index contributed by atoms with van der Waals surface area (Å²) in [6.07, 6.45) is 1.19. The fraction of sp³-hybridized carbons (Fsp3) is 0.714. The van der Waals surface area contributed by atoms with E-state index in [2.05, 4.69) is 55.2 Å². The van der Waals surface area contributed by atoms with E-state index >= 15 is 0 Å². The van der Waals surface area contributed by atoms with Crippen LogP contribution in [0.15, 0.2) is 12.1 Å². The van der Waals surface area contributed by atoms with Gasteiger partial charge in [0.1, 0.15) is 0 Å². The molecule has 0 aromatic carbocycles. The molecule has 18 heavy (non-hydrogen) atoms. The van der Waals surface area contributed by atoms with Gasteiger partial charge in [-0.15, -0.1) is 5.10 Å². The van der Waals surface area contributed by atoms with Crippen molar-refractivity contribution in [2.24, 2.45) is 5.92 Å². The summed E-state index contributed by atoms with van der Waals surface area (Å²) in [4.78, 5) is 2.17. The second-order valence-corrected chi connectivity index (χ2v) is 5.31. The van der Waals surface area contributed by atoms with Gasteiger partial charge < -0.3 is 10.2 Å². The lowest BCUT2D eigenvalue weighted by Crippen LogP contribution is -2.25. The number of anilines is 1. The quantitative estimate of drug-likeness (QED) is 0.807. The zero-order valence-electron chi connectivity index (χ0n) is 12.3. The maximum atomic E-state index is 4.28. The lowest BCUT2D eigenvalue weighted by atomic mass is 10.1. The van der Waals surface area contributed by atoms with Crippen LogP contribution in [0.5, 0.6) is 0 Å². The molecule has 0 aliphatic carbocycles. The normalized spacial score (nSPS) is 12.8. The van der Waals surface area contributed by atoms with Crippen LogP contribution in [0.2, 0.25) is 0 Å². The highest BCUT2D eigenvalue weighted by molar-refractivity contribution is 5.36. The molecule has 0 aliphatic rings. The highest BCUT2D eigenvalue weighted by atomic mass is 15.2. The Bertz CT molecular complexity index is 334. The third-order valence-corrected chi connectivity index (χ3v) is 3.07. The molecule has 1 aromatic heterocycles. The summed E-state index contributed by atoms with van der Waals surface area (Å²) in [5.74, 6) is 1.63. The smallest absolute Gasteiger partial charge is 0.150 e. The number of nitrogens with zero attached hydrogens (tertiary/aromatic N) is 3. The first-order valence-corrected chi connectivity index (χ1v) is 6.80. The van der Waals surface area contributed by atoms with Gasteiger partial charge in [-0.1, -0.05) is 34.1 Å². The summed E-state index contributed by atoms with van der Waals surface area (Å²) < 4.78 is 0. The maximum Gasteiger partial charge on any atom is 0.150 e. The van der Waals surface area contributed by atoms with Crippen molar-refractivity contribution in [1.82, 2.24) is 15.5 Å². The Labute approximate surface area is 111 Å². The van der Waals surface area contributed by atoms with Crippen molar-refractivity contribution in [3.05, 3.63) is 17.8 Å². The van der Waals surface area contributed by atoms with Gasteiger partial charge in [0, 0.05) is 26.2 Å². The Kier molecular flexibility index (Phi) is 6.05. The van der Waals surface area contributed by atoms with E-state index in [1.54, 1.807) is 0 Å². The second kappa shape index (κ2) is 7.31. The van der Waals surface area contributed by atoms with Gasteiger partial charge in [-0.2, -0.15) is 5.10 Å². The highest BCUT2D eigenvalue weighted by Gasteiger charge is 2.07. The molecule has 0 fully saturated rings. The molecule has 0 radical (unpaired) electrons. The van der Waals surface area contributed by atoms with Gasteiger partial charge in [0.25, 0.3) is 0 Å². The Hall–Kier alpha value is -1.16. The molecule has 0 saturated heterocycles. The summed E-state index contributed by atoms with van der Waals surface area (Å²) in [5.41, 5.74) is 0.990. The van der Waals surface area contributed by atoms with Gasteiger partial charge >= 0.3 is 0 Å². The molecule has 0 spiro atoms. The minimum absolute atomic E-state index is 0.472. The van der Waals surface area contributed by atoms with Gasteiger partial charge in [0.15, 0.2) is 5.82 Å². The Morgan fingerprint density at radius 1 is 1.22 bits per heavy atom. The van der Waals surface area contributed by atoms with E-state index in [0.717, 1.165) is 24.6 Å². The molecule has 0 saturated carbocycles. The summed E-state index contributed by atoms with van der Waals surface area (Å²) in [5, 5.41) is 11.9. The lowest BCUT2D eigenvalue weighted by Gasteiger charge is -2.21. The van der Waals surface area contributed by atoms with Gasteiger partial charge in [-0.05, 0) is 18.1 Å². The minimum Gasteiger partial charge on any atom is -0.358 e. The molecule has 1 rings (SSSR count). The number of rotatable bonds is 7. The van der Waals surface area contributed by atoms with Crippen molar-refractivity contribution >= 4 is 5.82 Å². The zero-order chi connectivity index (χ0) is 13.5. The molecular weight excluding hydrogens is 224 g/mol. The lowest BCUT2D eigenvalue weighted by molar-refractivity contribution is 0.554. The van der Waals surface area contributed by atoms with Gasteiger partial charge in [0.05, 0.1) is 5.69 Å². The van der Waals surface area contributed by atoms with E-state index in [1.165, 1.54) is 6.42 Å². The molecule has 1 N–H and O–H groups in total. The Balaban J connectivity index is 2.53. The molecule has 1 heterocycles. The van der Waals surface area contributed by atoms with Gasteiger partial charge in [0.2, 0.25) is 0 Å². The van der Waals surface area contributed by atoms with Crippen LogP contribution in [0.4, 0.5) is 5.82 Å². The van der Waals surface area contributed by atoms with E-state index in [-0.39, 0.29) is 0 Å². The maximum absolute atomic E-state index is 4.28. The fourth-order valence-electron chi connectivity index (χ4n) is 1.65. The van der Waals surface area contributed by atoms with E-state index < -0.39 is 0 Å². The summed E-state index contributed by atoms with van der Waals surface area (Å²) in [6, 6.07) is 4.57. The summed E-state index contributed by atoms with van der Waals surface area (Å²) >= 11 is 0. The molecule has 1 atom stereocenters. The third-order valence-electron chi connectivity index (χ3n) is 3.07. The summed E-state index contributed by atoms with van der Waals surface area (Å²) in [6.45, 7) is 10.5. The first kappa shape index (κ1) is 14.9. The highest BCUT2D eigenvalue weighted by Crippen LogP contribution is 2.11. The van der Waals surface area contributed by atoms with Crippen LogP contribution in [0.1, 0.15) is 39.8 Å². The molecule has 4 nitrogen and oxygen atoms in total. The van der Waals surface area contributed by atoms with Gasteiger partial charge in [-0.3, -0.25) is 0 Å². The second-order valence-electron chi connectivity index (χ2n) is 5.31. The van der Waals surface area contributed by atoms with Crippen molar-refractivity contribution in [1.29, 1.82) is 0 Å². The molecule has 1 aromatic rings. The molecule has 0 amide bonds. The van der Waals surface area contributed by atoms with Crippen LogP contribution < -0.4 is 10.2 Å². The fourth-order valence-corrected chi connectivity index (χ4v) is 1.65. The number of nitrogens with one attached hydrogen (secondary N) is 1. The minimum atomic E-state index is 0.472. The predicted octanol–water partition coefficient (Wildman–Crippen LogP) is 2.46. The first-order valence-electron chi connectivity index (χ1n) is 6.80. The van der Waals surface area contributed by atoms with Crippen molar-refractivity contribution in [3.63, 3.8) is 0 Å². The largest absolute Gasteiger partial charge is 0.358 e. The molecule has 102 valence electrons. The molecule has 1 unspecified atom stereocenters. The van der Waals surface area contributed by atoms with Crippen molar-refractivity contribution in [3.8, 4) is 0 Å². The number of hydrogen-bond donors (Lipinski definition) is 1. The van der Waals surface area contributed by atoms with E-state index in [1.807, 2.05) is 12.1 Å². The predicted molar refractivity (Wildman–Crippen MR) is 76.7 cm³/mol. The molecule has 0 aliphatic heterocycles. The van der Waals surface area contributed by atoms with Crippen LogP contribution in [0.3, 0.4) is 0 Å². The van der Waals surface area contributed by atoms with E-state index in [9.17, 15) is 0 Å². The Morgan fingerprint density at radius 2 is 1.94 bits per heavy atom. The summed E-state index contributed by atoms with van der Waals surface area (Å²) in [7, 11) is 2.07. The van der Waals surface area contributed by atoms with Crippen molar-refractivity contribution in [2.75, 3.05) is 18.5 Å². The average molecular weight is 250 g/mol. The monoisotopic (exact) mass is 250 g/mol. The van der Waals surface area contributed by atoms with Crippen LogP contribution in [0.25, 0.3) is 0 Å². The van der Waals surface area contributed by atoms with Crippen LogP contribution in [-0.2, 0) is 6.54 Å². The molecule has 0 bridgehead atoms. The van der Waals surface area contributed by atoms with E-state index in [0.29, 0.717) is 12.0 Å². The molecular formula is C14H26N4. The first-order chi connectivity index (χ1) is 8.52. The average Bonchev–Trinajstić information content (AvgIpc) is 2.36. The van der Waals surface area contributed by atoms with Crippen LogP contribution in [-0.4, -0.2) is 29.8 Å². The Morgan fingerprint density at radius 3 is 2.44 bits per heavy atom. The van der Waals surface area contributed by atoms with Crippen molar-refractivity contribution < 1.29 is 0 Å². The van der Waals surface area contributed by atoms with E-state index in [4.69, 9.17) is 0 Å². The molecule has 4 heteroatoms. The topological polar surface area (TPSA) is 41.0 Å². The SMILES string of the molecule is CCC(C)CN(C)c1ccc(CNC(C)C)nn1. The van der Waals surface area contributed by atoms with Crippen LogP contribution >= 0.6 is 0 Å². The number of aromatic nitrogens is 2. The number of hydrogen-bond acceptors (Lipinski definition) is 4. The van der Waals surface area contributed by atoms with Crippen LogP contribution in [0, 0.1) is 5.92 Å². The van der Waals surface area contributed by atoms with Gasteiger partial charge in [-0.25, -0.2) is 0 Å². The van der Waals surface area contributed by atoms with Crippen molar-refractivity contribution in [2.45, 2.75) is 46.7 Å². The standard InChI is InChI=1S/C14H26N4/c1-6-12(4)10-18(5)14-8-7-13(16-17-14)9-15-11(2)3/h7-8,11-12,15H,6,9-10H2,1-5H3. The zero-order valence-corrected chi connectivity index (χ0v) is 12.3.